The minimum atomic E-state index is -0.874. The van der Waals surface area contributed by atoms with Gasteiger partial charge in [-0.15, -0.1) is 6.42 Å². The lowest BCUT2D eigenvalue weighted by atomic mass is 9.96. The van der Waals surface area contributed by atoms with Crippen LogP contribution in [0.3, 0.4) is 0 Å². The standard InChI is InChI=1S/C9H15NO2/c1-4-6-9(3,8(11)12)10-7-5-2/h2,10H,4,6-7H2,1,3H3,(H,11,12). The summed E-state index contributed by atoms with van der Waals surface area (Å²) in [6.45, 7) is 3.89. The molecule has 0 saturated heterocycles. The van der Waals surface area contributed by atoms with Crippen molar-refractivity contribution in [2.24, 2.45) is 0 Å². The largest absolute Gasteiger partial charge is 0.480 e. The fraction of sp³-hybridized carbons (Fsp3) is 0.667. The van der Waals surface area contributed by atoms with Crippen molar-refractivity contribution in [1.82, 2.24) is 5.32 Å². The van der Waals surface area contributed by atoms with Gasteiger partial charge in [-0.2, -0.15) is 0 Å². The Labute approximate surface area is 73.2 Å². The van der Waals surface area contributed by atoms with Crippen molar-refractivity contribution in [3.8, 4) is 12.3 Å². The highest BCUT2D eigenvalue weighted by atomic mass is 16.4. The van der Waals surface area contributed by atoms with Crippen molar-refractivity contribution in [3.05, 3.63) is 0 Å². The lowest BCUT2D eigenvalue weighted by Crippen LogP contribution is -2.49. The zero-order valence-corrected chi connectivity index (χ0v) is 7.55. The number of rotatable bonds is 5. The Bertz CT molecular complexity index is 195. The first-order chi connectivity index (χ1) is 5.56. The minimum Gasteiger partial charge on any atom is -0.480 e. The number of carboxylic acid groups (broad SMARTS) is 1. The number of hydrogen-bond acceptors (Lipinski definition) is 2. The molecule has 68 valence electrons. The van der Waals surface area contributed by atoms with Crippen molar-refractivity contribution in [2.45, 2.75) is 32.2 Å². The van der Waals surface area contributed by atoms with E-state index in [1.165, 1.54) is 0 Å². The lowest BCUT2D eigenvalue weighted by molar-refractivity contribution is -0.144. The molecular weight excluding hydrogens is 154 g/mol. The molecule has 1 atom stereocenters. The Hall–Kier alpha value is -1.01. The molecule has 2 N–H and O–H groups in total. The van der Waals surface area contributed by atoms with E-state index in [0.717, 1.165) is 6.42 Å². The first kappa shape index (κ1) is 11.0. The molecule has 0 aromatic rings. The maximum Gasteiger partial charge on any atom is 0.323 e. The normalized spacial score (nSPS) is 14.8. The average molecular weight is 169 g/mol. The highest BCUT2D eigenvalue weighted by Crippen LogP contribution is 2.11. The average Bonchev–Trinajstić information content (AvgIpc) is 2.01. The Morgan fingerprint density at radius 1 is 1.75 bits per heavy atom. The van der Waals surface area contributed by atoms with E-state index in [4.69, 9.17) is 11.5 Å². The Morgan fingerprint density at radius 2 is 2.33 bits per heavy atom. The molecular formula is C9H15NO2. The summed E-state index contributed by atoms with van der Waals surface area (Å²) >= 11 is 0. The molecule has 0 aliphatic carbocycles. The van der Waals surface area contributed by atoms with E-state index in [2.05, 4.69) is 11.2 Å². The van der Waals surface area contributed by atoms with Crippen LogP contribution in [0.5, 0.6) is 0 Å². The second-order valence-electron chi connectivity index (χ2n) is 2.94. The van der Waals surface area contributed by atoms with Crippen molar-refractivity contribution in [1.29, 1.82) is 0 Å². The molecule has 0 aliphatic heterocycles. The zero-order valence-electron chi connectivity index (χ0n) is 7.55. The monoisotopic (exact) mass is 169 g/mol. The zero-order chi connectivity index (χ0) is 9.61. The number of aliphatic carboxylic acids is 1. The van der Waals surface area contributed by atoms with Gasteiger partial charge in [0.25, 0.3) is 0 Å². The Kier molecular flexibility index (Phi) is 4.38. The van der Waals surface area contributed by atoms with Gasteiger partial charge in [0, 0.05) is 0 Å². The third-order valence-corrected chi connectivity index (χ3v) is 1.80. The molecule has 0 amide bonds. The third-order valence-electron chi connectivity index (χ3n) is 1.80. The van der Waals surface area contributed by atoms with Gasteiger partial charge in [-0.1, -0.05) is 19.3 Å². The van der Waals surface area contributed by atoms with E-state index >= 15 is 0 Å². The third kappa shape index (κ3) is 2.93. The van der Waals surface area contributed by atoms with Crippen LogP contribution in [0, 0.1) is 12.3 Å². The summed E-state index contributed by atoms with van der Waals surface area (Å²) in [5, 5.41) is 11.7. The van der Waals surface area contributed by atoms with Crippen molar-refractivity contribution in [2.75, 3.05) is 6.54 Å². The van der Waals surface area contributed by atoms with Gasteiger partial charge in [0.05, 0.1) is 6.54 Å². The van der Waals surface area contributed by atoms with Crippen LogP contribution in [0.1, 0.15) is 26.7 Å². The van der Waals surface area contributed by atoms with Crippen LogP contribution in [0.25, 0.3) is 0 Å². The molecule has 12 heavy (non-hydrogen) atoms. The summed E-state index contributed by atoms with van der Waals surface area (Å²) in [5.41, 5.74) is -0.874. The molecule has 3 heteroatoms. The number of terminal acetylenes is 1. The van der Waals surface area contributed by atoms with E-state index in [0.29, 0.717) is 13.0 Å². The van der Waals surface area contributed by atoms with Gasteiger partial charge < -0.3 is 5.11 Å². The van der Waals surface area contributed by atoms with Gasteiger partial charge in [0.2, 0.25) is 0 Å². The van der Waals surface area contributed by atoms with E-state index in [1.807, 2.05) is 6.92 Å². The second kappa shape index (κ2) is 4.78. The van der Waals surface area contributed by atoms with Crippen LogP contribution >= 0.6 is 0 Å². The molecule has 3 nitrogen and oxygen atoms in total. The first-order valence-electron chi connectivity index (χ1n) is 3.98. The molecule has 0 spiro atoms. The molecule has 0 aliphatic rings. The maximum atomic E-state index is 10.8. The van der Waals surface area contributed by atoms with Crippen molar-refractivity contribution in [3.63, 3.8) is 0 Å². The van der Waals surface area contributed by atoms with Gasteiger partial charge in [-0.05, 0) is 13.3 Å². The molecule has 0 heterocycles. The van der Waals surface area contributed by atoms with Crippen LogP contribution in [0.15, 0.2) is 0 Å². The topological polar surface area (TPSA) is 49.3 Å². The van der Waals surface area contributed by atoms with E-state index < -0.39 is 11.5 Å². The summed E-state index contributed by atoms with van der Waals surface area (Å²) in [7, 11) is 0. The summed E-state index contributed by atoms with van der Waals surface area (Å²) in [6, 6.07) is 0. The quantitative estimate of drug-likeness (QED) is 0.600. The predicted octanol–water partition coefficient (Wildman–Crippen LogP) is 0.853. The molecule has 0 radical (unpaired) electrons. The Morgan fingerprint density at radius 3 is 2.67 bits per heavy atom. The molecule has 1 unspecified atom stereocenters. The summed E-state index contributed by atoms with van der Waals surface area (Å²) in [5.74, 6) is 1.51. The number of carboxylic acids is 1. The van der Waals surface area contributed by atoms with Crippen LogP contribution in [-0.2, 0) is 4.79 Å². The summed E-state index contributed by atoms with van der Waals surface area (Å²) in [4.78, 5) is 10.8. The van der Waals surface area contributed by atoms with Gasteiger partial charge in [0.15, 0.2) is 0 Å². The van der Waals surface area contributed by atoms with Gasteiger partial charge in [-0.25, -0.2) is 0 Å². The highest BCUT2D eigenvalue weighted by Gasteiger charge is 2.30. The lowest BCUT2D eigenvalue weighted by Gasteiger charge is -2.24. The smallest absolute Gasteiger partial charge is 0.323 e. The predicted molar refractivity (Wildman–Crippen MR) is 47.8 cm³/mol. The van der Waals surface area contributed by atoms with E-state index in [9.17, 15) is 4.79 Å². The second-order valence-corrected chi connectivity index (χ2v) is 2.94. The van der Waals surface area contributed by atoms with Crippen molar-refractivity contribution < 1.29 is 9.90 Å². The van der Waals surface area contributed by atoms with Crippen LogP contribution in [0.2, 0.25) is 0 Å². The number of carbonyl (C=O) groups is 1. The van der Waals surface area contributed by atoms with Gasteiger partial charge >= 0.3 is 5.97 Å². The summed E-state index contributed by atoms with van der Waals surface area (Å²) in [6.07, 6.45) is 6.43. The minimum absolute atomic E-state index is 0.294. The first-order valence-corrected chi connectivity index (χ1v) is 3.98. The van der Waals surface area contributed by atoms with Gasteiger partial charge in [-0.3, -0.25) is 10.1 Å². The molecule has 0 bridgehead atoms. The Balaban J connectivity index is 4.20. The van der Waals surface area contributed by atoms with Crippen molar-refractivity contribution >= 4 is 5.97 Å². The van der Waals surface area contributed by atoms with E-state index in [1.54, 1.807) is 6.92 Å². The number of hydrogen-bond donors (Lipinski definition) is 2. The van der Waals surface area contributed by atoms with Crippen LogP contribution in [0.4, 0.5) is 0 Å². The molecule has 0 aromatic carbocycles. The molecule has 0 saturated carbocycles. The number of nitrogens with one attached hydrogen (secondary N) is 1. The van der Waals surface area contributed by atoms with Crippen LogP contribution < -0.4 is 5.32 Å². The fourth-order valence-corrected chi connectivity index (χ4v) is 1.02. The molecule has 0 rings (SSSR count). The van der Waals surface area contributed by atoms with E-state index in [-0.39, 0.29) is 0 Å². The maximum absolute atomic E-state index is 10.8. The summed E-state index contributed by atoms with van der Waals surface area (Å²) < 4.78 is 0. The van der Waals surface area contributed by atoms with Crippen LogP contribution in [-0.4, -0.2) is 23.2 Å². The molecule has 0 aromatic heterocycles. The molecule has 0 fully saturated rings. The fourth-order valence-electron chi connectivity index (χ4n) is 1.02. The highest BCUT2D eigenvalue weighted by molar-refractivity contribution is 5.78. The SMILES string of the molecule is C#CCNC(C)(CCC)C(=O)O. The van der Waals surface area contributed by atoms with Gasteiger partial charge in [0.1, 0.15) is 5.54 Å².